The van der Waals surface area contributed by atoms with Crippen molar-refractivity contribution in [1.29, 1.82) is 0 Å². The highest BCUT2D eigenvalue weighted by Gasteiger charge is 2.25. The van der Waals surface area contributed by atoms with E-state index in [-0.39, 0.29) is 28.6 Å². The van der Waals surface area contributed by atoms with E-state index in [4.69, 9.17) is 0 Å². The average molecular weight is 416 g/mol. The summed E-state index contributed by atoms with van der Waals surface area (Å²) < 4.78 is 13.1. The summed E-state index contributed by atoms with van der Waals surface area (Å²) in [5.41, 5.74) is 2.86. The number of piperazine rings is 1. The van der Waals surface area contributed by atoms with E-state index in [1.54, 1.807) is 12.1 Å². The Labute approximate surface area is 175 Å². The molecule has 5 nitrogen and oxygen atoms in total. The number of carbonyl (C=O) groups excluding carboxylic acids is 2. The zero-order valence-electron chi connectivity index (χ0n) is 16.7. The molecule has 0 aromatic heterocycles. The maximum Gasteiger partial charge on any atom is 0.235 e. The predicted octanol–water partition coefficient (Wildman–Crippen LogP) is 3.54. The van der Waals surface area contributed by atoms with Crippen LogP contribution in [0, 0.1) is 12.7 Å². The van der Waals surface area contributed by atoms with Gasteiger partial charge in [0.05, 0.1) is 11.0 Å². The van der Waals surface area contributed by atoms with Crippen molar-refractivity contribution in [2.75, 3.05) is 42.1 Å². The molecule has 1 atom stereocenters. The zero-order chi connectivity index (χ0) is 20.8. The number of rotatable bonds is 6. The van der Waals surface area contributed by atoms with Gasteiger partial charge in [0.25, 0.3) is 0 Å². The van der Waals surface area contributed by atoms with Crippen LogP contribution in [0.2, 0.25) is 0 Å². The second-order valence-corrected chi connectivity index (χ2v) is 8.49. The third kappa shape index (κ3) is 5.97. The molecule has 1 saturated heterocycles. The van der Waals surface area contributed by atoms with E-state index in [9.17, 15) is 14.0 Å². The Kier molecular flexibility index (Phi) is 7.14. The smallest absolute Gasteiger partial charge is 0.235 e. The molecule has 29 heavy (non-hydrogen) atoms. The Morgan fingerprint density at radius 2 is 1.66 bits per heavy atom. The Balaban J connectivity index is 1.42. The Morgan fingerprint density at radius 3 is 2.28 bits per heavy atom. The number of carbonyl (C=O) groups is 2. The van der Waals surface area contributed by atoms with Crippen LogP contribution in [-0.2, 0) is 9.59 Å². The van der Waals surface area contributed by atoms with E-state index in [1.807, 2.05) is 43.0 Å². The first-order chi connectivity index (χ1) is 13.9. The molecule has 3 rings (SSSR count). The number of thioether (sulfide) groups is 1. The summed E-state index contributed by atoms with van der Waals surface area (Å²) >= 11 is 1.35. The van der Waals surface area contributed by atoms with E-state index in [2.05, 4.69) is 10.2 Å². The van der Waals surface area contributed by atoms with Gasteiger partial charge in [-0.1, -0.05) is 17.7 Å². The molecular formula is C22H26FN3O2S. The van der Waals surface area contributed by atoms with Crippen LogP contribution in [0.15, 0.2) is 48.5 Å². The Bertz CT molecular complexity index is 834. The number of nitrogens with zero attached hydrogens (tertiary/aromatic N) is 2. The molecule has 0 aliphatic carbocycles. The average Bonchev–Trinajstić information content (AvgIpc) is 2.74. The molecule has 2 aromatic rings. The van der Waals surface area contributed by atoms with Crippen molar-refractivity contribution >= 4 is 35.0 Å². The molecule has 0 radical (unpaired) electrons. The predicted molar refractivity (Wildman–Crippen MR) is 117 cm³/mol. The van der Waals surface area contributed by atoms with Gasteiger partial charge in [-0.2, -0.15) is 0 Å². The molecule has 0 bridgehead atoms. The van der Waals surface area contributed by atoms with Crippen LogP contribution in [0.25, 0.3) is 0 Å². The Hall–Kier alpha value is -2.54. The summed E-state index contributed by atoms with van der Waals surface area (Å²) in [5.74, 6) is -0.0765. The first-order valence-corrected chi connectivity index (χ1v) is 10.7. The number of amides is 2. The van der Waals surface area contributed by atoms with Gasteiger partial charge < -0.3 is 15.1 Å². The van der Waals surface area contributed by atoms with Gasteiger partial charge in [-0.05, 0) is 50.2 Å². The minimum atomic E-state index is -0.281. The molecule has 7 heteroatoms. The van der Waals surface area contributed by atoms with E-state index < -0.39 is 0 Å². The number of benzene rings is 2. The van der Waals surface area contributed by atoms with Gasteiger partial charge in [-0.25, -0.2) is 4.39 Å². The van der Waals surface area contributed by atoms with Crippen LogP contribution in [-0.4, -0.2) is 53.9 Å². The second kappa shape index (κ2) is 9.78. The number of hydrogen-bond donors (Lipinski definition) is 1. The molecule has 1 fully saturated rings. The van der Waals surface area contributed by atoms with E-state index in [1.165, 1.54) is 23.9 Å². The molecule has 0 unspecified atom stereocenters. The highest BCUT2D eigenvalue weighted by Crippen LogP contribution is 2.20. The fourth-order valence-electron chi connectivity index (χ4n) is 3.20. The van der Waals surface area contributed by atoms with Crippen LogP contribution < -0.4 is 10.2 Å². The van der Waals surface area contributed by atoms with Crippen molar-refractivity contribution in [2.24, 2.45) is 0 Å². The van der Waals surface area contributed by atoms with Gasteiger partial charge in [0, 0.05) is 37.6 Å². The standard InChI is InChI=1S/C22H26FN3O2S/c1-16-3-7-19(8-4-16)24-21(27)15-29-17(2)22(28)26-13-11-25(12-14-26)20-9-5-18(23)6-10-20/h3-10,17H,11-15H2,1-2H3,(H,24,27)/t17-/m0/s1. The summed E-state index contributed by atoms with van der Waals surface area (Å²) in [6.07, 6.45) is 0. The maximum atomic E-state index is 13.1. The lowest BCUT2D eigenvalue weighted by Crippen LogP contribution is -2.50. The third-order valence-electron chi connectivity index (χ3n) is 4.93. The van der Waals surface area contributed by atoms with Crippen LogP contribution in [0.4, 0.5) is 15.8 Å². The van der Waals surface area contributed by atoms with Crippen molar-refractivity contribution in [3.63, 3.8) is 0 Å². The summed E-state index contributed by atoms with van der Waals surface area (Å²) in [7, 11) is 0. The zero-order valence-corrected chi connectivity index (χ0v) is 17.5. The molecule has 1 aliphatic heterocycles. The second-order valence-electron chi connectivity index (χ2n) is 7.16. The molecule has 1 N–H and O–H groups in total. The number of halogens is 1. The molecule has 1 heterocycles. The van der Waals surface area contributed by atoms with E-state index >= 15 is 0 Å². The van der Waals surface area contributed by atoms with Gasteiger partial charge in [-0.15, -0.1) is 11.8 Å². The highest BCUT2D eigenvalue weighted by atomic mass is 32.2. The number of anilines is 2. The van der Waals surface area contributed by atoms with Crippen molar-refractivity contribution in [3.05, 3.63) is 59.9 Å². The molecule has 0 spiro atoms. The van der Waals surface area contributed by atoms with E-state index in [0.717, 1.165) is 16.9 Å². The summed E-state index contributed by atoms with van der Waals surface area (Å²) in [5, 5.41) is 2.57. The highest BCUT2D eigenvalue weighted by molar-refractivity contribution is 8.01. The third-order valence-corrected chi connectivity index (χ3v) is 6.06. The van der Waals surface area contributed by atoms with Crippen molar-refractivity contribution in [3.8, 4) is 0 Å². The quantitative estimate of drug-likeness (QED) is 0.784. The topological polar surface area (TPSA) is 52.7 Å². The molecule has 0 saturated carbocycles. The van der Waals surface area contributed by atoms with Crippen LogP contribution in [0.5, 0.6) is 0 Å². The van der Waals surface area contributed by atoms with Gasteiger partial charge in [0.15, 0.2) is 0 Å². The van der Waals surface area contributed by atoms with Crippen molar-refractivity contribution in [2.45, 2.75) is 19.1 Å². The largest absolute Gasteiger partial charge is 0.368 e. The van der Waals surface area contributed by atoms with Gasteiger partial charge in [0.1, 0.15) is 5.82 Å². The number of hydrogen-bond acceptors (Lipinski definition) is 4. The number of aryl methyl sites for hydroxylation is 1. The van der Waals surface area contributed by atoms with Crippen molar-refractivity contribution in [1.82, 2.24) is 4.90 Å². The fraction of sp³-hybridized carbons (Fsp3) is 0.364. The molecular weight excluding hydrogens is 389 g/mol. The van der Waals surface area contributed by atoms with Gasteiger partial charge in [-0.3, -0.25) is 9.59 Å². The summed E-state index contributed by atoms with van der Waals surface area (Å²) in [6, 6.07) is 14.1. The molecule has 154 valence electrons. The van der Waals surface area contributed by atoms with Crippen molar-refractivity contribution < 1.29 is 14.0 Å². The minimum Gasteiger partial charge on any atom is -0.368 e. The summed E-state index contributed by atoms with van der Waals surface area (Å²) in [4.78, 5) is 28.8. The first-order valence-electron chi connectivity index (χ1n) is 9.70. The first kappa shape index (κ1) is 21.2. The lowest BCUT2D eigenvalue weighted by atomic mass is 10.2. The SMILES string of the molecule is Cc1ccc(NC(=O)CS[C@@H](C)C(=O)N2CCN(c3ccc(F)cc3)CC2)cc1. The Morgan fingerprint density at radius 1 is 1.03 bits per heavy atom. The molecule has 1 aliphatic rings. The summed E-state index contributed by atoms with van der Waals surface area (Å²) in [6.45, 7) is 6.51. The van der Waals surface area contributed by atoms with E-state index in [0.29, 0.717) is 26.2 Å². The number of nitrogens with one attached hydrogen (secondary N) is 1. The van der Waals surface area contributed by atoms with Crippen LogP contribution >= 0.6 is 11.8 Å². The van der Waals surface area contributed by atoms with Crippen LogP contribution in [0.3, 0.4) is 0 Å². The molecule has 2 aromatic carbocycles. The van der Waals surface area contributed by atoms with Gasteiger partial charge >= 0.3 is 0 Å². The van der Waals surface area contributed by atoms with Crippen LogP contribution in [0.1, 0.15) is 12.5 Å². The molecule has 2 amide bonds. The lowest BCUT2D eigenvalue weighted by molar-refractivity contribution is -0.130. The lowest BCUT2D eigenvalue weighted by Gasteiger charge is -2.37. The van der Waals surface area contributed by atoms with Gasteiger partial charge in [0.2, 0.25) is 11.8 Å². The minimum absolute atomic E-state index is 0.0527. The monoisotopic (exact) mass is 415 g/mol. The fourth-order valence-corrected chi connectivity index (χ4v) is 3.97. The maximum absolute atomic E-state index is 13.1. The normalized spacial score (nSPS) is 15.1.